The fourth-order valence-electron chi connectivity index (χ4n) is 0.657. The molecule has 14 heavy (non-hydrogen) atoms. The number of nitrogens with two attached hydrogens (primary N) is 1. The number of hydrogen-bond donors (Lipinski definition) is 2. The van der Waals surface area contributed by atoms with Crippen molar-refractivity contribution in [2.45, 2.75) is 10.8 Å². The molecule has 6 nitrogen and oxygen atoms in total. The van der Waals surface area contributed by atoms with Gasteiger partial charge < -0.3 is 5.73 Å². The smallest absolute Gasteiger partial charge is 0.318 e. The van der Waals surface area contributed by atoms with E-state index in [1.165, 1.54) is 23.1 Å². The lowest BCUT2D eigenvalue weighted by atomic mass is 10.4. The van der Waals surface area contributed by atoms with E-state index in [4.69, 9.17) is 5.73 Å². The van der Waals surface area contributed by atoms with E-state index in [0.717, 1.165) is 4.34 Å². The van der Waals surface area contributed by atoms with Crippen molar-refractivity contribution >= 4 is 35.0 Å². The predicted molar refractivity (Wildman–Crippen MR) is 53.0 cm³/mol. The first-order chi connectivity index (χ1) is 6.68. The zero-order valence-electron chi connectivity index (χ0n) is 7.10. The molecule has 0 spiro atoms. The van der Waals surface area contributed by atoms with Crippen molar-refractivity contribution in [1.82, 2.24) is 15.5 Å². The Balaban J connectivity index is 2.15. The van der Waals surface area contributed by atoms with E-state index in [9.17, 15) is 9.59 Å². The van der Waals surface area contributed by atoms with Crippen LogP contribution in [0.25, 0.3) is 0 Å². The standard InChI is InChI=1S/C6H8N4O2S2/c7-5(12)9-4(11)1-2-13-6-10-8-3-14-6/h3H,1-2H2,(H3,7,9,11,12). The Bertz CT molecular complexity index is 314. The average Bonchev–Trinajstić information content (AvgIpc) is 2.55. The molecule has 1 heterocycles. The molecule has 8 heteroatoms. The second-order valence-corrected chi connectivity index (χ2v) is 4.39. The summed E-state index contributed by atoms with van der Waals surface area (Å²) in [4.78, 5) is 21.2. The molecule has 0 atom stereocenters. The Morgan fingerprint density at radius 1 is 1.64 bits per heavy atom. The number of imide groups is 1. The van der Waals surface area contributed by atoms with E-state index < -0.39 is 6.03 Å². The summed E-state index contributed by atoms with van der Waals surface area (Å²) in [6.07, 6.45) is 0.229. The Labute approximate surface area is 88.3 Å². The molecule has 0 aromatic carbocycles. The van der Waals surface area contributed by atoms with E-state index >= 15 is 0 Å². The van der Waals surface area contributed by atoms with Crippen molar-refractivity contribution in [3.05, 3.63) is 5.51 Å². The molecule has 0 radical (unpaired) electrons. The summed E-state index contributed by atoms with van der Waals surface area (Å²) in [6.45, 7) is 0. The number of carbonyl (C=O) groups excluding carboxylic acids is 2. The van der Waals surface area contributed by atoms with Gasteiger partial charge in [-0.3, -0.25) is 10.1 Å². The van der Waals surface area contributed by atoms with Gasteiger partial charge in [0.1, 0.15) is 5.51 Å². The van der Waals surface area contributed by atoms with Crippen LogP contribution in [0.4, 0.5) is 4.79 Å². The Kier molecular flexibility index (Phi) is 4.33. The van der Waals surface area contributed by atoms with E-state index in [2.05, 4.69) is 10.2 Å². The molecule has 1 aromatic heterocycles. The van der Waals surface area contributed by atoms with E-state index in [0.29, 0.717) is 5.75 Å². The van der Waals surface area contributed by atoms with Crippen LogP contribution in [0.2, 0.25) is 0 Å². The first-order valence-electron chi connectivity index (χ1n) is 3.66. The number of carbonyl (C=O) groups is 2. The van der Waals surface area contributed by atoms with Crippen molar-refractivity contribution in [1.29, 1.82) is 0 Å². The molecule has 76 valence electrons. The number of urea groups is 1. The van der Waals surface area contributed by atoms with Gasteiger partial charge in [-0.15, -0.1) is 10.2 Å². The number of rotatable bonds is 4. The van der Waals surface area contributed by atoms with Gasteiger partial charge in [0.15, 0.2) is 4.34 Å². The van der Waals surface area contributed by atoms with Crippen LogP contribution >= 0.6 is 23.1 Å². The summed E-state index contributed by atoms with van der Waals surface area (Å²) >= 11 is 2.82. The number of amides is 3. The van der Waals surface area contributed by atoms with Crippen LogP contribution in [0.1, 0.15) is 6.42 Å². The first-order valence-corrected chi connectivity index (χ1v) is 5.53. The quantitative estimate of drug-likeness (QED) is 0.723. The molecule has 0 saturated carbocycles. The van der Waals surface area contributed by atoms with Crippen LogP contribution in [0.15, 0.2) is 9.85 Å². The van der Waals surface area contributed by atoms with Crippen LogP contribution in [-0.4, -0.2) is 27.9 Å². The second kappa shape index (κ2) is 5.55. The van der Waals surface area contributed by atoms with Gasteiger partial charge in [-0.05, 0) is 0 Å². The third-order valence-electron chi connectivity index (χ3n) is 1.16. The number of aromatic nitrogens is 2. The molecular weight excluding hydrogens is 224 g/mol. The number of primary amides is 1. The van der Waals surface area contributed by atoms with Gasteiger partial charge in [-0.2, -0.15) is 0 Å². The minimum absolute atomic E-state index is 0.229. The Morgan fingerprint density at radius 3 is 3.00 bits per heavy atom. The summed E-state index contributed by atoms with van der Waals surface area (Å²) in [5, 5.41) is 9.40. The highest BCUT2D eigenvalue weighted by Gasteiger charge is 2.05. The summed E-state index contributed by atoms with van der Waals surface area (Å²) in [5.41, 5.74) is 6.38. The van der Waals surface area contributed by atoms with E-state index in [1.54, 1.807) is 5.51 Å². The molecule has 0 aliphatic carbocycles. The zero-order valence-corrected chi connectivity index (χ0v) is 8.73. The molecule has 0 fully saturated rings. The van der Waals surface area contributed by atoms with Crippen LogP contribution < -0.4 is 11.1 Å². The topological polar surface area (TPSA) is 98.0 Å². The number of thioether (sulfide) groups is 1. The lowest BCUT2D eigenvalue weighted by Gasteiger charge is -1.98. The molecule has 0 unspecified atom stereocenters. The number of nitrogens with one attached hydrogen (secondary N) is 1. The summed E-state index contributed by atoms with van der Waals surface area (Å²) in [6, 6.07) is -0.823. The average molecular weight is 232 g/mol. The third kappa shape index (κ3) is 4.19. The van der Waals surface area contributed by atoms with Gasteiger partial charge in [0, 0.05) is 12.2 Å². The molecule has 1 aromatic rings. The van der Waals surface area contributed by atoms with Crippen molar-refractivity contribution in [3.63, 3.8) is 0 Å². The maximum atomic E-state index is 10.9. The monoisotopic (exact) mass is 232 g/mol. The minimum atomic E-state index is -0.823. The van der Waals surface area contributed by atoms with Crippen molar-refractivity contribution in [2.24, 2.45) is 5.73 Å². The van der Waals surface area contributed by atoms with E-state index in [-0.39, 0.29) is 12.3 Å². The third-order valence-corrected chi connectivity index (χ3v) is 3.02. The molecule has 3 N–H and O–H groups in total. The Morgan fingerprint density at radius 2 is 2.43 bits per heavy atom. The van der Waals surface area contributed by atoms with Gasteiger partial charge in [0.25, 0.3) is 0 Å². The van der Waals surface area contributed by atoms with Crippen molar-refractivity contribution in [3.8, 4) is 0 Å². The minimum Gasteiger partial charge on any atom is -0.351 e. The van der Waals surface area contributed by atoms with Gasteiger partial charge >= 0.3 is 6.03 Å². The van der Waals surface area contributed by atoms with Gasteiger partial charge in [0.2, 0.25) is 5.91 Å². The van der Waals surface area contributed by atoms with E-state index in [1.807, 2.05) is 5.32 Å². The largest absolute Gasteiger partial charge is 0.351 e. The molecule has 3 amide bonds. The molecular formula is C6H8N4O2S2. The van der Waals surface area contributed by atoms with Crippen LogP contribution in [-0.2, 0) is 4.79 Å². The van der Waals surface area contributed by atoms with Crippen LogP contribution in [0.5, 0.6) is 0 Å². The highest BCUT2D eigenvalue weighted by atomic mass is 32.2. The fourth-order valence-corrected chi connectivity index (χ4v) is 2.15. The molecule has 0 aliphatic heterocycles. The molecule has 1 rings (SSSR count). The maximum absolute atomic E-state index is 10.9. The van der Waals surface area contributed by atoms with Gasteiger partial charge in [-0.1, -0.05) is 23.1 Å². The fraction of sp³-hybridized carbons (Fsp3) is 0.333. The highest BCUT2D eigenvalue weighted by Crippen LogP contribution is 2.19. The lowest BCUT2D eigenvalue weighted by Crippen LogP contribution is -2.35. The zero-order chi connectivity index (χ0) is 10.4. The van der Waals surface area contributed by atoms with Gasteiger partial charge in [-0.25, -0.2) is 4.79 Å². The Hall–Kier alpha value is -1.15. The second-order valence-electron chi connectivity index (χ2n) is 2.22. The van der Waals surface area contributed by atoms with Crippen molar-refractivity contribution < 1.29 is 9.59 Å². The molecule has 0 saturated heterocycles. The molecule has 0 aliphatic rings. The first kappa shape index (κ1) is 10.9. The van der Waals surface area contributed by atoms with Crippen LogP contribution in [0.3, 0.4) is 0 Å². The summed E-state index contributed by atoms with van der Waals surface area (Å²) in [5.74, 6) is 0.170. The maximum Gasteiger partial charge on any atom is 0.318 e. The van der Waals surface area contributed by atoms with Crippen LogP contribution in [0, 0.1) is 0 Å². The normalized spacial score (nSPS) is 9.71. The lowest BCUT2D eigenvalue weighted by molar-refractivity contribution is -0.119. The SMILES string of the molecule is NC(=O)NC(=O)CCSc1nncs1. The number of hydrogen-bond acceptors (Lipinski definition) is 6. The van der Waals surface area contributed by atoms with Crippen molar-refractivity contribution in [2.75, 3.05) is 5.75 Å². The highest BCUT2D eigenvalue weighted by molar-refractivity contribution is 8.01. The summed E-state index contributed by atoms with van der Waals surface area (Å²) in [7, 11) is 0. The van der Waals surface area contributed by atoms with Gasteiger partial charge in [0.05, 0.1) is 0 Å². The summed E-state index contributed by atoms with van der Waals surface area (Å²) < 4.78 is 0.803. The molecule has 0 bridgehead atoms. The number of nitrogens with zero attached hydrogens (tertiary/aromatic N) is 2. The predicted octanol–water partition coefficient (Wildman–Crippen LogP) is 0.215.